The Kier molecular flexibility index (Phi) is 7.79. The Morgan fingerprint density at radius 3 is 2.08 bits per heavy atom. The van der Waals surface area contributed by atoms with Gasteiger partial charge in [0.05, 0.1) is 6.04 Å². The third kappa shape index (κ3) is 5.38. The highest BCUT2D eigenvalue weighted by molar-refractivity contribution is 7.91. The lowest BCUT2D eigenvalue weighted by atomic mass is 9.95. The van der Waals surface area contributed by atoms with Crippen molar-refractivity contribution >= 4 is 38.9 Å². The molecule has 0 aliphatic carbocycles. The van der Waals surface area contributed by atoms with E-state index in [1.807, 2.05) is 23.1 Å². The molecule has 1 aromatic heterocycles. The average Bonchev–Trinajstić information content (AvgIpc) is 3.47. The first-order chi connectivity index (χ1) is 17.4. The number of carbonyl (C=O) groups is 1. The van der Waals surface area contributed by atoms with Crippen LogP contribution in [0.1, 0.15) is 30.0 Å². The van der Waals surface area contributed by atoms with Crippen LogP contribution in [-0.2, 0) is 14.8 Å². The third-order valence-corrected chi connectivity index (χ3v) is 10.7. The molecule has 2 saturated heterocycles. The predicted octanol–water partition coefficient (Wildman–Crippen LogP) is 4.74. The first kappa shape index (κ1) is 25.4. The zero-order chi connectivity index (χ0) is 25.1. The molecule has 0 radical (unpaired) electrons. The maximum absolute atomic E-state index is 13.3. The summed E-state index contributed by atoms with van der Waals surface area (Å²) in [7, 11) is -3.45. The minimum atomic E-state index is -3.45. The molecule has 0 bridgehead atoms. The number of amides is 1. The second kappa shape index (κ2) is 11.0. The second-order valence-corrected chi connectivity index (χ2v) is 12.9. The summed E-state index contributed by atoms with van der Waals surface area (Å²) in [4.78, 5) is 17.7. The molecule has 190 valence electrons. The van der Waals surface area contributed by atoms with Crippen molar-refractivity contribution in [2.75, 3.05) is 39.3 Å². The van der Waals surface area contributed by atoms with Crippen molar-refractivity contribution in [3.05, 3.63) is 88.3 Å². The molecular formula is C27H30ClN3O3S2. The summed E-state index contributed by atoms with van der Waals surface area (Å²) < 4.78 is 27.5. The van der Waals surface area contributed by atoms with Crippen molar-refractivity contribution in [1.29, 1.82) is 0 Å². The number of rotatable bonds is 6. The number of hydrogen-bond donors (Lipinski definition) is 0. The summed E-state index contributed by atoms with van der Waals surface area (Å²) in [6.07, 6.45) is 1.14. The Balaban J connectivity index is 1.21. The lowest BCUT2D eigenvalue weighted by Gasteiger charge is -2.41. The van der Waals surface area contributed by atoms with Gasteiger partial charge in [0.2, 0.25) is 5.91 Å². The van der Waals surface area contributed by atoms with Crippen molar-refractivity contribution in [2.45, 2.75) is 23.1 Å². The molecule has 3 aromatic rings. The van der Waals surface area contributed by atoms with E-state index in [0.717, 1.165) is 18.1 Å². The highest BCUT2D eigenvalue weighted by Gasteiger charge is 2.36. The van der Waals surface area contributed by atoms with Crippen LogP contribution in [0.2, 0.25) is 5.02 Å². The van der Waals surface area contributed by atoms with Gasteiger partial charge < -0.3 is 4.90 Å². The molecule has 9 heteroatoms. The Morgan fingerprint density at radius 2 is 1.47 bits per heavy atom. The molecule has 2 fully saturated rings. The van der Waals surface area contributed by atoms with Crippen LogP contribution in [0.3, 0.4) is 0 Å². The van der Waals surface area contributed by atoms with Crippen LogP contribution in [0.15, 0.2) is 76.3 Å². The molecule has 36 heavy (non-hydrogen) atoms. The molecule has 1 amide bonds. The van der Waals surface area contributed by atoms with Crippen LogP contribution in [0.5, 0.6) is 0 Å². The zero-order valence-corrected chi connectivity index (χ0v) is 22.4. The van der Waals surface area contributed by atoms with Crippen molar-refractivity contribution in [3.63, 3.8) is 0 Å². The van der Waals surface area contributed by atoms with Gasteiger partial charge in [-0.15, -0.1) is 11.3 Å². The number of carbonyl (C=O) groups excluding carboxylic acids is 1. The summed E-state index contributed by atoms with van der Waals surface area (Å²) in [5.41, 5.74) is 2.41. The third-order valence-electron chi connectivity index (χ3n) is 7.18. The van der Waals surface area contributed by atoms with E-state index in [-0.39, 0.29) is 17.9 Å². The molecule has 2 aromatic carbocycles. The molecule has 0 unspecified atom stereocenters. The van der Waals surface area contributed by atoms with Gasteiger partial charge in [-0.3, -0.25) is 9.69 Å². The van der Waals surface area contributed by atoms with E-state index in [9.17, 15) is 13.2 Å². The number of thiophene rings is 1. The summed E-state index contributed by atoms with van der Waals surface area (Å²) in [6.45, 7) is 3.68. The highest BCUT2D eigenvalue weighted by atomic mass is 35.5. The normalized spacial score (nSPS) is 19.3. The van der Waals surface area contributed by atoms with Gasteiger partial charge in [0.1, 0.15) is 4.21 Å². The number of piperazine rings is 1. The fraction of sp³-hybridized carbons (Fsp3) is 0.370. The first-order valence-corrected chi connectivity index (χ1v) is 15.0. The second-order valence-electron chi connectivity index (χ2n) is 9.34. The summed E-state index contributed by atoms with van der Waals surface area (Å²) in [5.74, 6) is 0.0399. The van der Waals surface area contributed by atoms with Crippen molar-refractivity contribution in [2.24, 2.45) is 5.92 Å². The SMILES string of the molecule is O=C(C1CCN(S(=O)(=O)c2cccs2)CC1)N1CCN([C@@H](c2ccccc2)c2ccc(Cl)cc2)CC1. The van der Waals surface area contributed by atoms with Crippen LogP contribution in [-0.4, -0.2) is 67.7 Å². The van der Waals surface area contributed by atoms with Crippen molar-refractivity contribution < 1.29 is 13.2 Å². The minimum absolute atomic E-state index is 0.103. The van der Waals surface area contributed by atoms with E-state index in [2.05, 4.69) is 41.3 Å². The molecule has 3 heterocycles. The van der Waals surface area contributed by atoms with E-state index in [0.29, 0.717) is 43.2 Å². The Morgan fingerprint density at radius 1 is 0.833 bits per heavy atom. The van der Waals surface area contributed by atoms with Crippen LogP contribution in [0.25, 0.3) is 0 Å². The lowest BCUT2D eigenvalue weighted by Crippen LogP contribution is -2.52. The monoisotopic (exact) mass is 543 g/mol. The van der Waals surface area contributed by atoms with Gasteiger partial charge in [0, 0.05) is 50.2 Å². The molecule has 0 N–H and O–H groups in total. The van der Waals surface area contributed by atoms with Crippen molar-refractivity contribution in [1.82, 2.24) is 14.1 Å². The van der Waals surface area contributed by atoms with E-state index in [1.54, 1.807) is 17.5 Å². The molecule has 5 rings (SSSR count). The standard InChI is InChI=1S/C27H30ClN3O3S2/c28-24-10-8-22(9-11-24)26(21-5-2-1-3-6-21)29-16-18-30(19-17-29)27(32)23-12-14-31(15-13-23)36(33,34)25-7-4-20-35-25/h1-11,20,23,26H,12-19H2/t26-/m0/s1. The summed E-state index contributed by atoms with van der Waals surface area (Å²) in [5, 5.41) is 2.49. The molecule has 0 saturated carbocycles. The van der Waals surface area contributed by atoms with Gasteiger partial charge in [-0.25, -0.2) is 8.42 Å². The fourth-order valence-corrected chi connectivity index (χ4v) is 7.97. The van der Waals surface area contributed by atoms with Crippen LogP contribution >= 0.6 is 22.9 Å². The van der Waals surface area contributed by atoms with Crippen LogP contribution in [0.4, 0.5) is 0 Å². The largest absolute Gasteiger partial charge is 0.340 e. The highest BCUT2D eigenvalue weighted by Crippen LogP contribution is 2.32. The van der Waals surface area contributed by atoms with Gasteiger partial charge >= 0.3 is 0 Å². The maximum atomic E-state index is 13.3. The summed E-state index contributed by atoms with van der Waals surface area (Å²) in [6, 6.07) is 21.9. The molecule has 2 aliphatic rings. The lowest BCUT2D eigenvalue weighted by molar-refractivity contribution is -0.138. The van der Waals surface area contributed by atoms with Crippen LogP contribution in [0, 0.1) is 5.92 Å². The Labute approximate surface area is 222 Å². The van der Waals surface area contributed by atoms with Gasteiger partial charge in [0.25, 0.3) is 10.0 Å². The Bertz CT molecular complexity index is 1250. The molecular weight excluding hydrogens is 514 g/mol. The van der Waals surface area contributed by atoms with Gasteiger partial charge in [0.15, 0.2) is 0 Å². The zero-order valence-electron chi connectivity index (χ0n) is 20.0. The molecule has 2 aliphatic heterocycles. The molecule has 6 nitrogen and oxygen atoms in total. The first-order valence-electron chi connectivity index (χ1n) is 12.3. The fourth-order valence-electron chi connectivity index (χ4n) is 5.23. The predicted molar refractivity (Wildman–Crippen MR) is 144 cm³/mol. The van der Waals surface area contributed by atoms with Gasteiger partial charge in [-0.05, 0) is 47.5 Å². The Hall–Kier alpha value is -2.23. The maximum Gasteiger partial charge on any atom is 0.252 e. The number of nitrogens with zero attached hydrogens (tertiary/aromatic N) is 3. The van der Waals surface area contributed by atoms with E-state index < -0.39 is 10.0 Å². The quantitative estimate of drug-likeness (QED) is 0.451. The summed E-state index contributed by atoms with van der Waals surface area (Å²) >= 11 is 7.38. The number of sulfonamides is 1. The van der Waals surface area contributed by atoms with Crippen LogP contribution < -0.4 is 0 Å². The minimum Gasteiger partial charge on any atom is -0.340 e. The van der Waals surface area contributed by atoms with Crippen molar-refractivity contribution in [3.8, 4) is 0 Å². The van der Waals surface area contributed by atoms with Gasteiger partial charge in [-0.2, -0.15) is 4.31 Å². The van der Waals surface area contributed by atoms with E-state index >= 15 is 0 Å². The van der Waals surface area contributed by atoms with E-state index in [4.69, 9.17) is 11.6 Å². The number of hydrogen-bond acceptors (Lipinski definition) is 5. The van der Waals surface area contributed by atoms with Gasteiger partial charge in [-0.1, -0.05) is 60.1 Å². The molecule has 0 spiro atoms. The molecule has 1 atom stereocenters. The van der Waals surface area contributed by atoms with E-state index in [1.165, 1.54) is 26.8 Å². The average molecular weight is 544 g/mol. The number of benzene rings is 2. The number of halogens is 1. The smallest absolute Gasteiger partial charge is 0.252 e. The number of piperidine rings is 1. The topological polar surface area (TPSA) is 60.9 Å².